The fourth-order valence-electron chi connectivity index (χ4n) is 5.03. The Hall–Kier alpha value is -5.09. The van der Waals surface area contributed by atoms with Crippen LogP contribution in [0.15, 0.2) is 97.1 Å². The van der Waals surface area contributed by atoms with Crippen LogP contribution in [0.5, 0.6) is 5.75 Å². The van der Waals surface area contributed by atoms with E-state index in [1.807, 2.05) is 97.9 Å². The van der Waals surface area contributed by atoms with Gasteiger partial charge in [0.2, 0.25) is 0 Å². The first-order chi connectivity index (χ1) is 20.5. The summed E-state index contributed by atoms with van der Waals surface area (Å²) in [5, 5.41) is 11.7. The molecule has 0 bridgehead atoms. The van der Waals surface area contributed by atoms with Crippen LogP contribution in [-0.2, 0) is 27.5 Å². The smallest absolute Gasteiger partial charge is 0.407 e. The number of fused-ring (bicyclic) bond motifs is 3. The number of amides is 1. The summed E-state index contributed by atoms with van der Waals surface area (Å²) in [6.45, 7) is 2.64. The Labute approximate surface area is 245 Å². The average molecular weight is 561 g/mol. The van der Waals surface area contributed by atoms with Gasteiger partial charge in [-0.2, -0.15) is 5.26 Å². The van der Waals surface area contributed by atoms with Crippen LogP contribution in [0.25, 0.3) is 11.1 Å². The summed E-state index contributed by atoms with van der Waals surface area (Å²) < 4.78 is 16.9. The first kappa shape index (κ1) is 28.4. The van der Waals surface area contributed by atoms with Gasteiger partial charge in [-0.3, -0.25) is 0 Å². The number of alkyl carbamates (subject to hydrolysis) is 1. The molecule has 1 N–H and O–H groups in total. The van der Waals surface area contributed by atoms with Crippen LogP contribution in [0.1, 0.15) is 46.6 Å². The standard InChI is InChI=1S/C35H32N2O5/c1-24-12-14-25(15-13-24)21-40-27-18-16-26(17-19-27)22-41-34(38)33(11-6-20-36)37-35(39)42-23-32-30-9-4-2-7-28(30)29-8-3-5-10-31(29)32/h2-5,7-10,12-19,32-33H,6,11,21-23H2,1H3,(H,37,39)/t33-/m0/s1. The SMILES string of the molecule is Cc1ccc(COc2ccc(COC(=O)[C@H](CCC#N)NC(=O)OCC3c4ccccc4-c4ccccc43)cc2)cc1. The highest BCUT2D eigenvalue weighted by molar-refractivity contribution is 5.82. The molecule has 0 fully saturated rings. The molecule has 0 spiro atoms. The van der Waals surface area contributed by atoms with Crippen molar-refractivity contribution in [3.8, 4) is 22.9 Å². The number of nitrogens with zero attached hydrogens (tertiary/aromatic N) is 1. The van der Waals surface area contributed by atoms with Gasteiger partial charge in [0, 0.05) is 12.3 Å². The maximum atomic E-state index is 12.9. The van der Waals surface area contributed by atoms with Crippen LogP contribution in [-0.4, -0.2) is 24.7 Å². The Morgan fingerprint density at radius 3 is 2.05 bits per heavy atom. The number of nitriles is 1. The fraction of sp³-hybridized carbons (Fsp3) is 0.229. The summed E-state index contributed by atoms with van der Waals surface area (Å²) in [4.78, 5) is 25.6. The highest BCUT2D eigenvalue weighted by atomic mass is 16.6. The molecule has 7 nitrogen and oxygen atoms in total. The number of ether oxygens (including phenoxy) is 3. The Morgan fingerprint density at radius 1 is 0.810 bits per heavy atom. The third-order valence-electron chi connectivity index (χ3n) is 7.30. The third-order valence-corrected chi connectivity index (χ3v) is 7.30. The summed E-state index contributed by atoms with van der Waals surface area (Å²) in [5.41, 5.74) is 7.49. The van der Waals surface area contributed by atoms with Crippen molar-refractivity contribution >= 4 is 12.1 Å². The Kier molecular flexibility index (Phi) is 9.15. The quantitative estimate of drug-likeness (QED) is 0.202. The van der Waals surface area contributed by atoms with E-state index in [0.29, 0.717) is 12.4 Å². The van der Waals surface area contributed by atoms with Crippen molar-refractivity contribution in [2.24, 2.45) is 0 Å². The molecule has 0 saturated heterocycles. The van der Waals surface area contributed by atoms with Gasteiger partial charge in [0.25, 0.3) is 0 Å². The second-order valence-corrected chi connectivity index (χ2v) is 10.2. The molecule has 1 aliphatic rings. The zero-order valence-corrected chi connectivity index (χ0v) is 23.4. The number of hydrogen-bond acceptors (Lipinski definition) is 6. The van der Waals surface area contributed by atoms with Crippen LogP contribution < -0.4 is 10.1 Å². The van der Waals surface area contributed by atoms with Gasteiger partial charge in [-0.1, -0.05) is 90.5 Å². The van der Waals surface area contributed by atoms with Crippen LogP contribution in [0.4, 0.5) is 4.79 Å². The van der Waals surface area contributed by atoms with Crippen molar-refractivity contribution in [1.29, 1.82) is 5.26 Å². The second-order valence-electron chi connectivity index (χ2n) is 10.2. The minimum absolute atomic E-state index is 0.0203. The summed E-state index contributed by atoms with van der Waals surface area (Å²) in [6.07, 6.45) is -0.534. The molecule has 0 heterocycles. The van der Waals surface area contributed by atoms with E-state index in [0.717, 1.165) is 33.4 Å². The molecule has 4 aromatic carbocycles. The molecular weight excluding hydrogens is 528 g/mol. The van der Waals surface area contributed by atoms with Gasteiger partial charge < -0.3 is 19.5 Å². The lowest BCUT2D eigenvalue weighted by molar-refractivity contribution is -0.147. The third kappa shape index (κ3) is 6.97. The number of aryl methyl sites for hydroxylation is 1. The highest BCUT2D eigenvalue weighted by Gasteiger charge is 2.30. The number of benzene rings is 4. The van der Waals surface area contributed by atoms with Gasteiger partial charge in [-0.15, -0.1) is 0 Å². The van der Waals surface area contributed by atoms with Gasteiger partial charge in [-0.25, -0.2) is 9.59 Å². The van der Waals surface area contributed by atoms with Gasteiger partial charge >= 0.3 is 12.1 Å². The molecule has 0 radical (unpaired) electrons. The number of carbonyl (C=O) groups excluding carboxylic acids is 2. The molecule has 0 aromatic heterocycles. The van der Waals surface area contributed by atoms with Crippen LogP contribution in [0.2, 0.25) is 0 Å². The van der Waals surface area contributed by atoms with Gasteiger partial charge in [0.05, 0.1) is 6.07 Å². The van der Waals surface area contributed by atoms with Crippen molar-refractivity contribution in [2.75, 3.05) is 6.61 Å². The largest absolute Gasteiger partial charge is 0.489 e. The predicted octanol–water partition coefficient (Wildman–Crippen LogP) is 6.83. The lowest BCUT2D eigenvalue weighted by atomic mass is 9.98. The lowest BCUT2D eigenvalue weighted by Gasteiger charge is -2.18. The second kappa shape index (κ2) is 13.5. The van der Waals surface area contributed by atoms with Gasteiger partial charge in [-0.05, 0) is 58.9 Å². The normalized spacial score (nSPS) is 12.4. The van der Waals surface area contributed by atoms with E-state index in [1.54, 1.807) is 0 Å². The first-order valence-electron chi connectivity index (χ1n) is 13.9. The summed E-state index contributed by atoms with van der Waals surface area (Å²) >= 11 is 0. The van der Waals surface area contributed by atoms with Crippen LogP contribution in [0.3, 0.4) is 0 Å². The molecule has 0 unspecified atom stereocenters. The van der Waals surface area contributed by atoms with Crippen LogP contribution >= 0.6 is 0 Å². The predicted molar refractivity (Wildman–Crippen MR) is 159 cm³/mol. The van der Waals surface area contributed by atoms with Gasteiger partial charge in [0.15, 0.2) is 0 Å². The van der Waals surface area contributed by atoms with Gasteiger partial charge in [0.1, 0.15) is 31.6 Å². The van der Waals surface area contributed by atoms with Crippen molar-refractivity contribution in [1.82, 2.24) is 5.32 Å². The van der Waals surface area contributed by atoms with E-state index in [4.69, 9.17) is 19.5 Å². The molecule has 42 heavy (non-hydrogen) atoms. The number of nitrogens with one attached hydrogen (secondary N) is 1. The summed E-state index contributed by atoms with van der Waals surface area (Å²) in [6, 6.07) is 32.6. The van der Waals surface area contributed by atoms with Crippen molar-refractivity contribution in [2.45, 2.75) is 44.9 Å². The molecule has 1 aliphatic carbocycles. The average Bonchev–Trinajstić information content (AvgIpc) is 3.34. The summed E-state index contributed by atoms with van der Waals surface area (Å²) in [7, 11) is 0. The van der Waals surface area contributed by atoms with E-state index in [1.165, 1.54) is 5.56 Å². The topological polar surface area (TPSA) is 97.6 Å². The molecule has 1 amide bonds. The lowest BCUT2D eigenvalue weighted by Crippen LogP contribution is -2.42. The zero-order chi connectivity index (χ0) is 29.3. The first-order valence-corrected chi connectivity index (χ1v) is 13.9. The van der Waals surface area contributed by atoms with E-state index in [9.17, 15) is 9.59 Å². The fourth-order valence-corrected chi connectivity index (χ4v) is 5.03. The van der Waals surface area contributed by atoms with E-state index in [2.05, 4.69) is 17.4 Å². The number of esters is 1. The van der Waals surface area contributed by atoms with Crippen molar-refractivity contribution in [3.05, 3.63) is 125 Å². The maximum Gasteiger partial charge on any atom is 0.407 e. The zero-order valence-electron chi connectivity index (χ0n) is 23.4. The Balaban J connectivity index is 1.13. The highest BCUT2D eigenvalue weighted by Crippen LogP contribution is 2.44. The van der Waals surface area contributed by atoms with Crippen LogP contribution in [0, 0.1) is 18.3 Å². The van der Waals surface area contributed by atoms with Crippen molar-refractivity contribution < 1.29 is 23.8 Å². The molecular formula is C35H32N2O5. The molecule has 0 aliphatic heterocycles. The van der Waals surface area contributed by atoms with E-state index in [-0.39, 0.29) is 32.0 Å². The number of hydrogen-bond donors (Lipinski definition) is 1. The maximum absolute atomic E-state index is 12.9. The molecule has 7 heteroatoms. The molecule has 212 valence electrons. The minimum atomic E-state index is -1.00. The molecule has 1 atom stereocenters. The summed E-state index contributed by atoms with van der Waals surface area (Å²) in [5.74, 6) is -0.0237. The molecule has 0 saturated carbocycles. The molecule has 4 aromatic rings. The van der Waals surface area contributed by atoms with E-state index < -0.39 is 18.1 Å². The number of rotatable bonds is 11. The van der Waals surface area contributed by atoms with Crippen molar-refractivity contribution in [3.63, 3.8) is 0 Å². The Morgan fingerprint density at radius 2 is 1.40 bits per heavy atom. The monoisotopic (exact) mass is 560 g/mol. The minimum Gasteiger partial charge on any atom is -0.489 e. The van der Waals surface area contributed by atoms with E-state index >= 15 is 0 Å². The molecule has 5 rings (SSSR count). The Bertz CT molecular complexity index is 1530. The number of carbonyl (C=O) groups is 2.